The fourth-order valence-electron chi connectivity index (χ4n) is 1.93. The van der Waals surface area contributed by atoms with E-state index in [1.807, 2.05) is 19.1 Å². The van der Waals surface area contributed by atoms with Crippen LogP contribution in [0.25, 0.3) is 0 Å². The zero-order valence-corrected chi connectivity index (χ0v) is 10.2. The Morgan fingerprint density at radius 1 is 1.56 bits per heavy atom. The van der Waals surface area contributed by atoms with Gasteiger partial charge in [-0.15, -0.1) is 0 Å². The Bertz CT molecular complexity index is 472. The van der Waals surface area contributed by atoms with Gasteiger partial charge in [-0.1, -0.05) is 22.0 Å². The van der Waals surface area contributed by atoms with Crippen LogP contribution in [0.5, 0.6) is 0 Å². The van der Waals surface area contributed by atoms with Crippen molar-refractivity contribution in [3.05, 3.63) is 33.8 Å². The van der Waals surface area contributed by atoms with Crippen molar-refractivity contribution in [1.82, 2.24) is 4.90 Å². The maximum Gasteiger partial charge on any atom is 0.323 e. The molecular weight excluding hydrogens is 274 g/mol. The van der Waals surface area contributed by atoms with Crippen molar-refractivity contribution in [3.8, 4) is 0 Å². The molecule has 1 N–H and O–H groups in total. The van der Waals surface area contributed by atoms with Gasteiger partial charge in [0, 0.05) is 10.0 Å². The van der Waals surface area contributed by atoms with Gasteiger partial charge in [0.1, 0.15) is 6.54 Å². The molecule has 1 aliphatic heterocycles. The van der Waals surface area contributed by atoms with E-state index in [1.54, 1.807) is 6.07 Å². The molecule has 1 amide bonds. The van der Waals surface area contributed by atoms with E-state index in [9.17, 15) is 9.59 Å². The monoisotopic (exact) mass is 283 g/mol. The van der Waals surface area contributed by atoms with Crippen LogP contribution in [0.2, 0.25) is 0 Å². The van der Waals surface area contributed by atoms with Gasteiger partial charge in [0.2, 0.25) is 0 Å². The van der Waals surface area contributed by atoms with Gasteiger partial charge in [0.05, 0.1) is 6.04 Å². The van der Waals surface area contributed by atoms with Gasteiger partial charge in [0.25, 0.3) is 5.91 Å². The molecule has 0 spiro atoms. The van der Waals surface area contributed by atoms with Gasteiger partial charge >= 0.3 is 5.97 Å². The molecule has 16 heavy (non-hydrogen) atoms. The number of carbonyl (C=O) groups excluding carboxylic acids is 1. The summed E-state index contributed by atoms with van der Waals surface area (Å²) >= 11 is 3.30. The zero-order chi connectivity index (χ0) is 11.9. The highest BCUT2D eigenvalue weighted by Crippen LogP contribution is 2.34. The van der Waals surface area contributed by atoms with E-state index in [0.29, 0.717) is 5.56 Å². The Kier molecular flexibility index (Phi) is 2.71. The Morgan fingerprint density at radius 3 is 2.88 bits per heavy atom. The lowest BCUT2D eigenvalue weighted by Crippen LogP contribution is -2.32. The molecule has 0 radical (unpaired) electrons. The van der Waals surface area contributed by atoms with Crippen LogP contribution in [0.3, 0.4) is 0 Å². The molecule has 2 rings (SSSR count). The second-order valence-corrected chi connectivity index (χ2v) is 4.65. The standard InChI is InChI=1S/C11H10BrNO3/c1-6-8-3-2-7(12)4-9(8)11(16)13(6)5-10(14)15/h2-4,6H,5H2,1H3,(H,14,15). The highest BCUT2D eigenvalue weighted by atomic mass is 79.9. The molecule has 0 saturated heterocycles. The van der Waals surface area contributed by atoms with E-state index in [-0.39, 0.29) is 18.5 Å². The number of carboxylic acids is 1. The van der Waals surface area contributed by atoms with Gasteiger partial charge < -0.3 is 10.0 Å². The molecule has 1 aliphatic rings. The molecule has 84 valence electrons. The second-order valence-electron chi connectivity index (χ2n) is 3.73. The van der Waals surface area contributed by atoms with Gasteiger partial charge in [-0.25, -0.2) is 0 Å². The first-order chi connectivity index (χ1) is 7.50. The minimum atomic E-state index is -0.993. The van der Waals surface area contributed by atoms with Crippen LogP contribution in [-0.4, -0.2) is 28.4 Å². The smallest absolute Gasteiger partial charge is 0.323 e. The highest BCUT2D eigenvalue weighted by Gasteiger charge is 2.34. The molecular formula is C11H10BrNO3. The molecule has 0 bridgehead atoms. The summed E-state index contributed by atoms with van der Waals surface area (Å²) < 4.78 is 0.823. The lowest BCUT2D eigenvalue weighted by atomic mass is 10.1. The van der Waals surface area contributed by atoms with E-state index in [4.69, 9.17) is 5.11 Å². The minimum absolute atomic E-state index is 0.174. The number of benzene rings is 1. The first kappa shape index (κ1) is 11.1. The average Bonchev–Trinajstić information content (AvgIpc) is 2.43. The number of nitrogens with zero attached hydrogens (tertiary/aromatic N) is 1. The number of hydrogen-bond acceptors (Lipinski definition) is 2. The summed E-state index contributed by atoms with van der Waals surface area (Å²) in [5.41, 5.74) is 1.47. The topological polar surface area (TPSA) is 57.6 Å². The minimum Gasteiger partial charge on any atom is -0.480 e. The van der Waals surface area contributed by atoms with Crippen LogP contribution < -0.4 is 0 Å². The summed E-state index contributed by atoms with van der Waals surface area (Å²) in [5.74, 6) is -1.21. The van der Waals surface area contributed by atoms with E-state index in [2.05, 4.69) is 15.9 Å². The van der Waals surface area contributed by atoms with Crippen LogP contribution >= 0.6 is 15.9 Å². The van der Waals surface area contributed by atoms with E-state index < -0.39 is 5.97 Å². The maximum atomic E-state index is 11.9. The number of aliphatic carboxylic acids is 1. The molecule has 0 saturated carbocycles. The van der Waals surface area contributed by atoms with Gasteiger partial charge in [-0.2, -0.15) is 0 Å². The first-order valence-corrected chi connectivity index (χ1v) is 5.62. The molecule has 0 aromatic heterocycles. The van der Waals surface area contributed by atoms with Crippen molar-refractivity contribution in [2.45, 2.75) is 13.0 Å². The fourth-order valence-corrected chi connectivity index (χ4v) is 2.29. The Morgan fingerprint density at radius 2 is 2.25 bits per heavy atom. The number of fused-ring (bicyclic) bond motifs is 1. The largest absolute Gasteiger partial charge is 0.480 e. The van der Waals surface area contributed by atoms with Gasteiger partial charge in [0.15, 0.2) is 0 Å². The fraction of sp³-hybridized carbons (Fsp3) is 0.273. The Hall–Kier alpha value is -1.36. The molecule has 4 nitrogen and oxygen atoms in total. The van der Waals surface area contributed by atoms with Crippen molar-refractivity contribution in [3.63, 3.8) is 0 Å². The zero-order valence-electron chi connectivity index (χ0n) is 8.61. The van der Waals surface area contributed by atoms with Crippen molar-refractivity contribution in [2.75, 3.05) is 6.54 Å². The predicted molar refractivity (Wildman–Crippen MR) is 61.2 cm³/mol. The van der Waals surface area contributed by atoms with Crippen LogP contribution in [0.4, 0.5) is 0 Å². The normalized spacial score (nSPS) is 18.8. The summed E-state index contributed by atoms with van der Waals surface area (Å²) in [6, 6.07) is 5.26. The molecule has 0 fully saturated rings. The average molecular weight is 284 g/mol. The van der Waals surface area contributed by atoms with Crippen LogP contribution in [-0.2, 0) is 4.79 Å². The van der Waals surface area contributed by atoms with Crippen LogP contribution in [0.15, 0.2) is 22.7 Å². The first-order valence-electron chi connectivity index (χ1n) is 4.83. The Balaban J connectivity index is 2.40. The number of rotatable bonds is 2. The van der Waals surface area contributed by atoms with Gasteiger partial charge in [-0.05, 0) is 24.6 Å². The molecule has 0 aliphatic carbocycles. The van der Waals surface area contributed by atoms with E-state index in [0.717, 1.165) is 10.0 Å². The molecule has 1 heterocycles. The lowest BCUT2D eigenvalue weighted by molar-refractivity contribution is -0.138. The van der Waals surface area contributed by atoms with Crippen molar-refractivity contribution in [2.24, 2.45) is 0 Å². The summed E-state index contributed by atoms with van der Waals surface area (Å²) in [6.07, 6.45) is 0. The number of amides is 1. The number of carboxylic acid groups (broad SMARTS) is 1. The molecule has 5 heteroatoms. The summed E-state index contributed by atoms with van der Waals surface area (Å²) in [6.45, 7) is 1.58. The van der Waals surface area contributed by atoms with Crippen LogP contribution in [0, 0.1) is 0 Å². The van der Waals surface area contributed by atoms with E-state index >= 15 is 0 Å². The third-order valence-electron chi connectivity index (χ3n) is 2.73. The molecule has 1 unspecified atom stereocenters. The predicted octanol–water partition coefficient (Wildman–Crippen LogP) is 2.05. The van der Waals surface area contributed by atoms with E-state index in [1.165, 1.54) is 4.90 Å². The summed E-state index contributed by atoms with van der Waals surface area (Å²) in [7, 11) is 0. The maximum absolute atomic E-state index is 11.9. The number of hydrogen-bond donors (Lipinski definition) is 1. The Labute approximate surface area is 101 Å². The number of halogens is 1. The molecule has 1 atom stereocenters. The van der Waals surface area contributed by atoms with Crippen LogP contribution in [0.1, 0.15) is 28.9 Å². The number of carbonyl (C=O) groups is 2. The van der Waals surface area contributed by atoms with Crippen molar-refractivity contribution >= 4 is 27.8 Å². The molecule has 1 aromatic rings. The second kappa shape index (κ2) is 3.90. The van der Waals surface area contributed by atoms with Crippen molar-refractivity contribution < 1.29 is 14.7 Å². The highest BCUT2D eigenvalue weighted by molar-refractivity contribution is 9.10. The molecule has 1 aromatic carbocycles. The SMILES string of the molecule is CC1c2ccc(Br)cc2C(=O)N1CC(=O)O. The third kappa shape index (κ3) is 1.71. The van der Waals surface area contributed by atoms with Gasteiger partial charge in [-0.3, -0.25) is 9.59 Å². The summed E-state index contributed by atoms with van der Waals surface area (Å²) in [4.78, 5) is 24.0. The lowest BCUT2D eigenvalue weighted by Gasteiger charge is -2.19. The quantitative estimate of drug-likeness (QED) is 0.904. The summed E-state index contributed by atoms with van der Waals surface area (Å²) in [5, 5.41) is 8.74. The third-order valence-corrected chi connectivity index (χ3v) is 3.22. The van der Waals surface area contributed by atoms with Crippen molar-refractivity contribution in [1.29, 1.82) is 0 Å².